The average molecular weight is 220 g/mol. The zero-order chi connectivity index (χ0) is 11.9. The fourth-order valence-corrected chi connectivity index (χ4v) is 1.59. The first-order valence-corrected chi connectivity index (χ1v) is 4.88. The Morgan fingerprint density at radius 3 is 2.44 bits per heavy atom. The Labute approximate surface area is 91.0 Å². The van der Waals surface area contributed by atoms with Gasteiger partial charge in [0.15, 0.2) is 11.2 Å². The molecule has 16 heavy (non-hydrogen) atoms. The van der Waals surface area contributed by atoms with Gasteiger partial charge < -0.3 is 0 Å². The van der Waals surface area contributed by atoms with Gasteiger partial charge in [-0.05, 0) is 20.8 Å². The molecule has 0 saturated heterocycles. The summed E-state index contributed by atoms with van der Waals surface area (Å²) in [6, 6.07) is 0. The van der Waals surface area contributed by atoms with Crippen LogP contribution in [0.1, 0.15) is 20.8 Å². The van der Waals surface area contributed by atoms with Crippen LogP contribution in [0.3, 0.4) is 0 Å². The number of aromatic nitrogens is 4. The fourth-order valence-electron chi connectivity index (χ4n) is 1.59. The molecule has 0 aliphatic rings. The zero-order valence-electron chi connectivity index (χ0n) is 9.31. The molecule has 0 aliphatic carbocycles. The van der Waals surface area contributed by atoms with Gasteiger partial charge in [-0.2, -0.15) is 0 Å². The summed E-state index contributed by atoms with van der Waals surface area (Å²) in [4.78, 5) is 33.5. The minimum Gasteiger partial charge on any atom is -0.272 e. The molecule has 84 valence electrons. The van der Waals surface area contributed by atoms with Gasteiger partial charge in [0.2, 0.25) is 0 Å². The van der Waals surface area contributed by atoms with Crippen molar-refractivity contribution in [2.24, 2.45) is 0 Å². The van der Waals surface area contributed by atoms with Crippen LogP contribution >= 0.6 is 0 Å². The number of hydrogen-bond acceptors (Lipinski definition) is 4. The molecule has 0 bridgehead atoms. The highest BCUT2D eigenvalue weighted by atomic mass is 16.2. The summed E-state index contributed by atoms with van der Waals surface area (Å²) < 4.78 is 1.43. The van der Waals surface area contributed by atoms with E-state index in [0.29, 0.717) is 5.65 Å². The topological polar surface area (TPSA) is 80.6 Å². The number of hydrogen-bond donors (Lipinski definition) is 1. The van der Waals surface area contributed by atoms with E-state index in [-0.39, 0.29) is 5.52 Å². The number of rotatable bonds is 0. The molecular weight excluding hydrogens is 208 g/mol. The Morgan fingerprint density at radius 1 is 1.19 bits per heavy atom. The minimum absolute atomic E-state index is 0.178. The van der Waals surface area contributed by atoms with Crippen molar-refractivity contribution in [3.63, 3.8) is 0 Å². The molecule has 2 heterocycles. The highest BCUT2D eigenvalue weighted by Crippen LogP contribution is 2.13. The van der Waals surface area contributed by atoms with Gasteiger partial charge in [-0.3, -0.25) is 14.3 Å². The SMILES string of the molecule is CC(C)(C)n1c(=O)[nH]c(=O)c2nccnc21. The Balaban J connectivity index is 3.05. The van der Waals surface area contributed by atoms with Crippen LogP contribution in [0.25, 0.3) is 11.2 Å². The molecule has 0 saturated carbocycles. The predicted molar refractivity (Wildman–Crippen MR) is 59.4 cm³/mol. The van der Waals surface area contributed by atoms with Crippen LogP contribution in [-0.4, -0.2) is 19.5 Å². The third kappa shape index (κ3) is 1.52. The highest BCUT2D eigenvalue weighted by Gasteiger charge is 2.20. The summed E-state index contributed by atoms with van der Waals surface area (Å²) in [5, 5.41) is 0. The normalized spacial score (nSPS) is 11.9. The van der Waals surface area contributed by atoms with E-state index >= 15 is 0 Å². The van der Waals surface area contributed by atoms with Crippen molar-refractivity contribution in [3.05, 3.63) is 33.2 Å². The Bertz CT molecular complexity index is 648. The summed E-state index contributed by atoms with van der Waals surface area (Å²) in [6.45, 7) is 5.59. The fraction of sp³-hybridized carbons (Fsp3) is 0.400. The minimum atomic E-state index is -0.506. The molecule has 0 aliphatic heterocycles. The second-order valence-electron chi connectivity index (χ2n) is 4.49. The Morgan fingerprint density at radius 2 is 1.81 bits per heavy atom. The van der Waals surface area contributed by atoms with E-state index in [2.05, 4.69) is 15.0 Å². The smallest absolute Gasteiger partial charge is 0.272 e. The monoisotopic (exact) mass is 220 g/mol. The van der Waals surface area contributed by atoms with Crippen molar-refractivity contribution in [1.82, 2.24) is 19.5 Å². The molecule has 0 amide bonds. The molecule has 6 heteroatoms. The first-order valence-electron chi connectivity index (χ1n) is 4.88. The van der Waals surface area contributed by atoms with Crippen molar-refractivity contribution < 1.29 is 0 Å². The van der Waals surface area contributed by atoms with Gasteiger partial charge in [0.25, 0.3) is 5.56 Å². The van der Waals surface area contributed by atoms with Crippen molar-refractivity contribution in [2.75, 3.05) is 0 Å². The molecule has 0 radical (unpaired) electrons. The van der Waals surface area contributed by atoms with E-state index in [1.165, 1.54) is 17.0 Å². The van der Waals surface area contributed by atoms with Crippen LogP contribution in [0, 0.1) is 0 Å². The maximum Gasteiger partial charge on any atom is 0.330 e. The second-order valence-corrected chi connectivity index (χ2v) is 4.49. The Kier molecular flexibility index (Phi) is 2.15. The number of nitrogens with zero attached hydrogens (tertiary/aromatic N) is 3. The Hall–Kier alpha value is -1.98. The molecule has 0 atom stereocenters. The van der Waals surface area contributed by atoms with Crippen LogP contribution in [-0.2, 0) is 5.54 Å². The van der Waals surface area contributed by atoms with Crippen molar-refractivity contribution >= 4 is 11.2 Å². The maximum atomic E-state index is 11.7. The zero-order valence-corrected chi connectivity index (χ0v) is 9.31. The lowest BCUT2D eigenvalue weighted by molar-refractivity contribution is 0.388. The first-order chi connectivity index (χ1) is 7.41. The molecule has 1 N–H and O–H groups in total. The van der Waals surface area contributed by atoms with Gasteiger partial charge in [-0.15, -0.1) is 0 Å². The van der Waals surface area contributed by atoms with Gasteiger partial charge >= 0.3 is 5.69 Å². The van der Waals surface area contributed by atoms with Crippen molar-refractivity contribution in [3.8, 4) is 0 Å². The molecule has 0 aromatic carbocycles. The lowest BCUT2D eigenvalue weighted by Crippen LogP contribution is -2.39. The van der Waals surface area contributed by atoms with Gasteiger partial charge in [0.05, 0.1) is 0 Å². The van der Waals surface area contributed by atoms with Crippen LogP contribution in [0.15, 0.2) is 22.0 Å². The molecule has 2 aromatic rings. The van der Waals surface area contributed by atoms with E-state index < -0.39 is 16.8 Å². The van der Waals surface area contributed by atoms with Crippen molar-refractivity contribution in [1.29, 1.82) is 0 Å². The quantitative estimate of drug-likeness (QED) is 0.689. The van der Waals surface area contributed by atoms with Gasteiger partial charge in [-0.1, -0.05) is 0 Å². The molecule has 0 unspecified atom stereocenters. The molecule has 0 fully saturated rings. The van der Waals surface area contributed by atoms with Gasteiger partial charge in [-0.25, -0.2) is 14.8 Å². The van der Waals surface area contributed by atoms with Crippen LogP contribution in [0.5, 0.6) is 0 Å². The van der Waals surface area contributed by atoms with E-state index in [4.69, 9.17) is 0 Å². The third-order valence-electron chi connectivity index (χ3n) is 2.20. The summed E-state index contributed by atoms with van der Waals surface area (Å²) in [5.41, 5.74) is -0.949. The summed E-state index contributed by atoms with van der Waals surface area (Å²) in [7, 11) is 0. The summed E-state index contributed by atoms with van der Waals surface area (Å²) in [5.74, 6) is 0. The lowest BCUT2D eigenvalue weighted by Gasteiger charge is -2.22. The maximum absolute atomic E-state index is 11.7. The molecular formula is C10H12N4O2. The second kappa shape index (κ2) is 3.26. The summed E-state index contributed by atoms with van der Waals surface area (Å²) in [6.07, 6.45) is 2.89. The highest BCUT2D eigenvalue weighted by molar-refractivity contribution is 5.68. The third-order valence-corrected chi connectivity index (χ3v) is 2.20. The van der Waals surface area contributed by atoms with E-state index in [1.54, 1.807) is 0 Å². The largest absolute Gasteiger partial charge is 0.330 e. The van der Waals surface area contributed by atoms with Crippen LogP contribution < -0.4 is 11.2 Å². The van der Waals surface area contributed by atoms with Gasteiger partial charge in [0, 0.05) is 17.9 Å². The standard InChI is InChI=1S/C10H12N4O2/c1-10(2,3)14-7-6(11-4-5-12-7)8(15)13-9(14)16/h4-5H,1-3H3,(H,13,15,16). The number of nitrogens with one attached hydrogen (secondary N) is 1. The number of H-pyrrole nitrogens is 1. The molecule has 2 aromatic heterocycles. The molecule has 0 spiro atoms. The number of fused-ring (bicyclic) bond motifs is 1. The van der Waals surface area contributed by atoms with E-state index in [0.717, 1.165) is 0 Å². The van der Waals surface area contributed by atoms with E-state index in [1.807, 2.05) is 20.8 Å². The van der Waals surface area contributed by atoms with Gasteiger partial charge in [0.1, 0.15) is 0 Å². The van der Waals surface area contributed by atoms with Crippen LogP contribution in [0.4, 0.5) is 0 Å². The first kappa shape index (κ1) is 10.5. The molecule has 6 nitrogen and oxygen atoms in total. The summed E-state index contributed by atoms with van der Waals surface area (Å²) >= 11 is 0. The van der Waals surface area contributed by atoms with E-state index in [9.17, 15) is 9.59 Å². The molecule has 2 rings (SSSR count). The lowest BCUT2D eigenvalue weighted by atomic mass is 10.1. The van der Waals surface area contributed by atoms with Crippen molar-refractivity contribution in [2.45, 2.75) is 26.3 Å². The number of aromatic amines is 1. The average Bonchev–Trinajstić information content (AvgIpc) is 2.15. The van der Waals surface area contributed by atoms with Crippen LogP contribution in [0.2, 0.25) is 0 Å². The predicted octanol–water partition coefficient (Wildman–Crippen LogP) is 0.235.